The minimum absolute atomic E-state index is 0.157. The van der Waals surface area contributed by atoms with Gasteiger partial charge >= 0.3 is 0 Å². The molecule has 0 spiro atoms. The Labute approximate surface area is 102 Å². The number of rotatable bonds is 5. The van der Waals surface area contributed by atoms with Gasteiger partial charge in [0.15, 0.2) is 0 Å². The Bertz CT molecular complexity index is 403. The lowest BCUT2D eigenvalue weighted by atomic mass is 10.1. The molecule has 0 saturated carbocycles. The van der Waals surface area contributed by atoms with Gasteiger partial charge in [-0.3, -0.25) is 0 Å². The predicted molar refractivity (Wildman–Crippen MR) is 68.9 cm³/mol. The lowest BCUT2D eigenvalue weighted by Crippen LogP contribution is -2.26. The van der Waals surface area contributed by atoms with E-state index in [1.165, 1.54) is 11.1 Å². The maximum atomic E-state index is 5.45. The van der Waals surface area contributed by atoms with Crippen LogP contribution in [0.2, 0.25) is 0 Å². The first-order valence-corrected chi connectivity index (χ1v) is 6.02. The second-order valence-corrected chi connectivity index (χ2v) is 4.24. The number of nitrogens with one attached hydrogen (secondary N) is 1. The number of hydrogen-bond acceptors (Lipinski definition) is 4. The molecule has 4 heteroatoms. The van der Waals surface area contributed by atoms with Crippen molar-refractivity contribution in [2.45, 2.75) is 25.9 Å². The molecule has 0 unspecified atom stereocenters. The fourth-order valence-corrected chi connectivity index (χ4v) is 1.88. The third kappa shape index (κ3) is 3.46. The summed E-state index contributed by atoms with van der Waals surface area (Å²) in [6.45, 7) is 4.42. The quantitative estimate of drug-likeness (QED) is 0.799. The molecule has 0 radical (unpaired) electrons. The Morgan fingerprint density at radius 2 is 2.29 bits per heavy atom. The van der Waals surface area contributed by atoms with Crippen molar-refractivity contribution in [2.75, 3.05) is 13.2 Å². The summed E-state index contributed by atoms with van der Waals surface area (Å²) >= 11 is 0. The molecule has 0 amide bonds. The molecule has 92 valence electrons. The smallest absolute Gasteiger partial charge is 0.282 e. The van der Waals surface area contributed by atoms with E-state index in [1.54, 1.807) is 0 Å². The van der Waals surface area contributed by atoms with Gasteiger partial charge in [-0.2, -0.15) is 0 Å². The van der Waals surface area contributed by atoms with Gasteiger partial charge in [-0.05, 0) is 17.5 Å². The molecule has 1 aromatic carbocycles. The van der Waals surface area contributed by atoms with E-state index in [1.807, 2.05) is 0 Å². The first-order chi connectivity index (χ1) is 8.28. The van der Waals surface area contributed by atoms with Crippen LogP contribution in [0.4, 0.5) is 0 Å². The van der Waals surface area contributed by atoms with Gasteiger partial charge in [0.2, 0.25) is 0 Å². The van der Waals surface area contributed by atoms with Crippen molar-refractivity contribution in [2.24, 2.45) is 10.7 Å². The maximum Gasteiger partial charge on any atom is 0.282 e. The largest absolute Gasteiger partial charge is 0.463 e. The second-order valence-electron chi connectivity index (χ2n) is 4.24. The molecule has 1 atom stereocenters. The summed E-state index contributed by atoms with van der Waals surface area (Å²) in [5.41, 5.74) is 8.12. The molecular weight excluding hydrogens is 214 g/mol. The topological polar surface area (TPSA) is 59.6 Å². The Morgan fingerprint density at radius 1 is 1.47 bits per heavy atom. The summed E-state index contributed by atoms with van der Waals surface area (Å²) in [5.74, 6) is 0. The van der Waals surface area contributed by atoms with E-state index >= 15 is 0 Å². The molecule has 17 heavy (non-hydrogen) atoms. The monoisotopic (exact) mass is 233 g/mol. The van der Waals surface area contributed by atoms with E-state index in [-0.39, 0.29) is 6.04 Å². The van der Waals surface area contributed by atoms with E-state index < -0.39 is 0 Å². The van der Waals surface area contributed by atoms with E-state index in [4.69, 9.17) is 10.5 Å². The third-order valence-corrected chi connectivity index (χ3v) is 2.84. The predicted octanol–water partition coefficient (Wildman–Crippen LogP) is 1.05. The number of benzene rings is 1. The summed E-state index contributed by atoms with van der Waals surface area (Å²) in [6, 6.07) is 9.09. The zero-order valence-electron chi connectivity index (χ0n) is 10.1. The fraction of sp³-hybridized carbons (Fsp3) is 0.462. The van der Waals surface area contributed by atoms with Crippen molar-refractivity contribution in [3.05, 3.63) is 35.4 Å². The zero-order chi connectivity index (χ0) is 12.1. The Hall–Kier alpha value is -1.55. The lowest BCUT2D eigenvalue weighted by molar-refractivity contribution is 0.309. The zero-order valence-corrected chi connectivity index (χ0v) is 10.1. The highest BCUT2D eigenvalue weighted by Gasteiger charge is 2.15. The number of hydrogen-bond donors (Lipinski definition) is 2. The summed E-state index contributed by atoms with van der Waals surface area (Å²) in [7, 11) is 0. The summed E-state index contributed by atoms with van der Waals surface area (Å²) < 4.78 is 5.09. The molecule has 0 saturated heterocycles. The number of amidine groups is 1. The van der Waals surface area contributed by atoms with Crippen LogP contribution in [-0.4, -0.2) is 25.2 Å². The van der Waals surface area contributed by atoms with Gasteiger partial charge in [-0.25, -0.2) is 4.99 Å². The molecule has 1 heterocycles. The summed E-state index contributed by atoms with van der Waals surface area (Å²) in [4.78, 5) is 4.16. The van der Waals surface area contributed by atoms with E-state index in [2.05, 4.69) is 41.5 Å². The Kier molecular flexibility index (Phi) is 3.98. The second kappa shape index (κ2) is 5.68. The van der Waals surface area contributed by atoms with Crippen LogP contribution < -0.4 is 11.1 Å². The van der Waals surface area contributed by atoms with Gasteiger partial charge in [0, 0.05) is 13.1 Å². The van der Waals surface area contributed by atoms with Crippen molar-refractivity contribution < 1.29 is 4.74 Å². The van der Waals surface area contributed by atoms with E-state index in [9.17, 15) is 0 Å². The SMILES string of the molecule is CCc1cccc(CNC[C@H]2COC(N)=N2)c1. The number of nitrogens with zero attached hydrogens (tertiary/aromatic N) is 1. The molecule has 1 aromatic rings. The van der Waals surface area contributed by atoms with E-state index in [0.29, 0.717) is 12.6 Å². The number of nitrogens with two attached hydrogens (primary N) is 1. The molecule has 0 bridgehead atoms. The van der Waals surface area contributed by atoms with Gasteiger partial charge in [-0.15, -0.1) is 0 Å². The van der Waals surface area contributed by atoms with Crippen LogP contribution in [0, 0.1) is 0 Å². The Morgan fingerprint density at radius 3 is 3.00 bits per heavy atom. The van der Waals surface area contributed by atoms with Crippen molar-refractivity contribution in [1.82, 2.24) is 5.32 Å². The van der Waals surface area contributed by atoms with Gasteiger partial charge in [0.25, 0.3) is 6.02 Å². The summed E-state index contributed by atoms with van der Waals surface area (Å²) in [6.07, 6.45) is 1.07. The third-order valence-electron chi connectivity index (χ3n) is 2.84. The van der Waals surface area contributed by atoms with Gasteiger partial charge in [0.05, 0.1) is 0 Å². The van der Waals surface area contributed by atoms with Crippen molar-refractivity contribution in [3.63, 3.8) is 0 Å². The van der Waals surface area contributed by atoms with Crippen molar-refractivity contribution in [3.8, 4) is 0 Å². The first-order valence-electron chi connectivity index (χ1n) is 6.02. The van der Waals surface area contributed by atoms with Crippen molar-refractivity contribution >= 4 is 6.02 Å². The first kappa shape index (κ1) is 11.9. The highest BCUT2D eigenvalue weighted by atomic mass is 16.5. The average Bonchev–Trinajstić information content (AvgIpc) is 2.75. The van der Waals surface area contributed by atoms with Crippen LogP contribution in [0.25, 0.3) is 0 Å². The lowest BCUT2D eigenvalue weighted by Gasteiger charge is -2.08. The highest BCUT2D eigenvalue weighted by Crippen LogP contribution is 2.06. The van der Waals surface area contributed by atoms with Gasteiger partial charge in [0.1, 0.15) is 12.6 Å². The molecule has 3 N–H and O–H groups in total. The molecule has 0 fully saturated rings. The minimum Gasteiger partial charge on any atom is -0.463 e. The molecule has 4 nitrogen and oxygen atoms in total. The average molecular weight is 233 g/mol. The minimum atomic E-state index is 0.157. The van der Waals surface area contributed by atoms with Crippen LogP contribution in [0.1, 0.15) is 18.1 Å². The Balaban J connectivity index is 1.78. The summed E-state index contributed by atoms with van der Waals surface area (Å²) in [5, 5.41) is 3.37. The molecule has 0 aliphatic carbocycles. The highest BCUT2D eigenvalue weighted by molar-refractivity contribution is 5.73. The van der Waals surface area contributed by atoms with Crippen LogP contribution in [0.3, 0.4) is 0 Å². The van der Waals surface area contributed by atoms with Gasteiger partial charge < -0.3 is 15.8 Å². The van der Waals surface area contributed by atoms with Gasteiger partial charge in [-0.1, -0.05) is 31.2 Å². The molecule has 1 aliphatic rings. The number of ether oxygens (including phenoxy) is 1. The van der Waals surface area contributed by atoms with Crippen LogP contribution in [0.5, 0.6) is 0 Å². The number of aliphatic imine (C=N–C) groups is 1. The van der Waals surface area contributed by atoms with E-state index in [0.717, 1.165) is 19.5 Å². The molecule has 2 rings (SSSR count). The maximum absolute atomic E-state index is 5.45. The molecule has 1 aliphatic heterocycles. The van der Waals surface area contributed by atoms with Crippen molar-refractivity contribution in [1.29, 1.82) is 0 Å². The molecule has 0 aromatic heterocycles. The molecular formula is C13H19N3O. The standard InChI is InChI=1S/C13H19N3O/c1-2-10-4-3-5-11(6-10)7-15-8-12-9-17-13(14)16-12/h3-6,12,15H,2,7-9H2,1H3,(H2,14,16)/t12-/m0/s1. The normalized spacial score (nSPS) is 18.9. The van der Waals surface area contributed by atoms with Crippen LogP contribution in [-0.2, 0) is 17.7 Å². The van der Waals surface area contributed by atoms with Crippen LogP contribution >= 0.6 is 0 Å². The fourth-order valence-electron chi connectivity index (χ4n) is 1.88. The van der Waals surface area contributed by atoms with Crippen LogP contribution in [0.15, 0.2) is 29.3 Å². The number of aryl methyl sites for hydroxylation is 1.